The van der Waals surface area contributed by atoms with Crippen LogP contribution in [0.2, 0.25) is 0 Å². The zero-order valence-electron chi connectivity index (χ0n) is 49.7. The van der Waals surface area contributed by atoms with Crippen LogP contribution in [0.25, 0.3) is 0 Å². The van der Waals surface area contributed by atoms with E-state index < -0.39 is 67.3 Å². The van der Waals surface area contributed by atoms with Gasteiger partial charge in [0.05, 0.1) is 6.61 Å². The van der Waals surface area contributed by atoms with Crippen molar-refractivity contribution in [3.63, 3.8) is 0 Å². The normalized spacial score (nSPS) is 18.1. The van der Waals surface area contributed by atoms with Crippen LogP contribution in [-0.4, -0.2) is 89.2 Å². The Morgan fingerprint density at radius 3 is 1.19 bits per heavy atom. The van der Waals surface area contributed by atoms with Crippen molar-refractivity contribution >= 4 is 23.9 Å². The van der Waals surface area contributed by atoms with Crippen molar-refractivity contribution in [1.29, 1.82) is 0 Å². The Morgan fingerprint density at radius 1 is 0.429 bits per heavy atom. The van der Waals surface area contributed by atoms with Gasteiger partial charge in [0.2, 0.25) is 0 Å². The van der Waals surface area contributed by atoms with Crippen LogP contribution < -0.4 is 0 Å². The molecule has 1 fully saturated rings. The highest BCUT2D eigenvalue weighted by Crippen LogP contribution is 2.27. The number of aliphatic hydroxyl groups is 2. The van der Waals surface area contributed by atoms with E-state index in [4.69, 9.17) is 23.7 Å². The van der Waals surface area contributed by atoms with Crippen molar-refractivity contribution in [3.05, 3.63) is 24.3 Å². The Kier molecular flexibility index (Phi) is 50.5. The molecule has 77 heavy (non-hydrogen) atoms. The topological polar surface area (TPSA) is 175 Å². The van der Waals surface area contributed by atoms with Gasteiger partial charge in [0.15, 0.2) is 24.6 Å². The minimum absolute atomic E-state index is 0.0658. The zero-order valence-corrected chi connectivity index (χ0v) is 49.7. The molecular weight excluding hydrogens is 973 g/mol. The SMILES string of the molecule is CCCCC/C=C\C/C=C\CCCCCCCCCC(=O)OC(COC(=O)CCCCCCCCCCCCCCCCCCCCC)COC1OC(C(=O)O)C(O)C(O)C1OC(=O)CCCCCCCCCCCCC. The Labute approximate surface area is 470 Å². The summed E-state index contributed by atoms with van der Waals surface area (Å²) >= 11 is 0. The van der Waals surface area contributed by atoms with E-state index in [2.05, 4.69) is 45.1 Å². The first-order valence-corrected chi connectivity index (χ1v) is 32.3. The van der Waals surface area contributed by atoms with Crippen LogP contribution in [0.4, 0.5) is 0 Å². The maximum absolute atomic E-state index is 13.2. The van der Waals surface area contributed by atoms with Crippen LogP contribution >= 0.6 is 0 Å². The quantitative estimate of drug-likeness (QED) is 0.0228. The summed E-state index contributed by atoms with van der Waals surface area (Å²) in [4.78, 5) is 51.2. The summed E-state index contributed by atoms with van der Waals surface area (Å²) in [5.74, 6) is -3.09. The lowest BCUT2D eigenvalue weighted by Crippen LogP contribution is -2.61. The predicted molar refractivity (Wildman–Crippen MR) is 313 cm³/mol. The number of carboxylic acid groups (broad SMARTS) is 1. The Hall–Kier alpha value is -2.80. The van der Waals surface area contributed by atoms with Gasteiger partial charge in [-0.05, 0) is 51.4 Å². The highest BCUT2D eigenvalue weighted by molar-refractivity contribution is 5.74. The Bertz CT molecular complexity index is 1430. The molecule has 0 saturated carbocycles. The van der Waals surface area contributed by atoms with Gasteiger partial charge in [-0.2, -0.15) is 0 Å². The first-order chi connectivity index (χ1) is 37.6. The number of carbonyl (C=O) groups excluding carboxylic acids is 3. The molecule has 3 N–H and O–H groups in total. The third kappa shape index (κ3) is 43.7. The number of hydrogen-bond donors (Lipinski definition) is 3. The number of aliphatic carboxylic acids is 1. The van der Waals surface area contributed by atoms with Gasteiger partial charge in [-0.1, -0.05) is 270 Å². The third-order valence-corrected chi connectivity index (χ3v) is 15.0. The van der Waals surface area contributed by atoms with Gasteiger partial charge in [-0.3, -0.25) is 14.4 Å². The van der Waals surface area contributed by atoms with Gasteiger partial charge < -0.3 is 39.0 Å². The Morgan fingerprint density at radius 2 is 0.779 bits per heavy atom. The molecule has 1 rings (SSSR count). The molecule has 12 nitrogen and oxygen atoms in total. The van der Waals surface area contributed by atoms with E-state index in [1.165, 1.54) is 173 Å². The number of aliphatic hydroxyl groups excluding tert-OH is 2. The third-order valence-electron chi connectivity index (χ3n) is 15.0. The van der Waals surface area contributed by atoms with E-state index in [1.54, 1.807) is 0 Å². The van der Waals surface area contributed by atoms with Crippen LogP contribution in [0.5, 0.6) is 0 Å². The smallest absolute Gasteiger partial charge is 0.335 e. The van der Waals surface area contributed by atoms with Crippen molar-refractivity contribution in [2.24, 2.45) is 0 Å². The van der Waals surface area contributed by atoms with E-state index in [0.29, 0.717) is 19.3 Å². The minimum atomic E-state index is -1.90. The first kappa shape index (κ1) is 72.2. The van der Waals surface area contributed by atoms with Crippen molar-refractivity contribution in [2.75, 3.05) is 13.2 Å². The summed E-state index contributed by atoms with van der Waals surface area (Å²) in [6, 6.07) is 0. The fourth-order valence-electron chi connectivity index (χ4n) is 10.0. The number of carboxylic acids is 1. The molecule has 0 aliphatic carbocycles. The van der Waals surface area contributed by atoms with E-state index >= 15 is 0 Å². The largest absolute Gasteiger partial charge is 0.479 e. The van der Waals surface area contributed by atoms with E-state index in [9.17, 15) is 34.5 Å². The van der Waals surface area contributed by atoms with Gasteiger partial charge in [0.1, 0.15) is 18.8 Å². The summed E-state index contributed by atoms with van der Waals surface area (Å²) in [6.07, 6.45) is 50.0. The molecule has 1 heterocycles. The summed E-state index contributed by atoms with van der Waals surface area (Å²) < 4.78 is 28.5. The molecule has 0 amide bonds. The molecule has 0 bridgehead atoms. The maximum Gasteiger partial charge on any atom is 0.335 e. The fraction of sp³-hybridized carbons (Fsp3) is 0.877. The van der Waals surface area contributed by atoms with Gasteiger partial charge >= 0.3 is 23.9 Å². The molecule has 6 atom stereocenters. The van der Waals surface area contributed by atoms with Gasteiger partial charge in [0.25, 0.3) is 0 Å². The summed E-state index contributed by atoms with van der Waals surface area (Å²) in [5, 5.41) is 31.5. The number of ether oxygens (including phenoxy) is 5. The molecule has 1 aliphatic heterocycles. The Balaban J connectivity index is 2.63. The second-order valence-corrected chi connectivity index (χ2v) is 22.4. The second kappa shape index (κ2) is 53.8. The molecular formula is C65H118O12. The molecule has 450 valence electrons. The maximum atomic E-state index is 13.2. The lowest BCUT2D eigenvalue weighted by Gasteiger charge is -2.40. The molecule has 12 heteroatoms. The van der Waals surface area contributed by atoms with Gasteiger partial charge in [-0.25, -0.2) is 4.79 Å². The molecule has 1 aliphatic rings. The van der Waals surface area contributed by atoms with E-state index in [1.807, 2.05) is 0 Å². The van der Waals surface area contributed by atoms with Gasteiger partial charge in [-0.15, -0.1) is 0 Å². The number of unbranched alkanes of at least 4 members (excludes halogenated alkanes) is 38. The number of allylic oxidation sites excluding steroid dienone is 4. The lowest BCUT2D eigenvalue weighted by molar-refractivity contribution is -0.301. The van der Waals surface area contributed by atoms with Crippen LogP contribution in [0.15, 0.2) is 24.3 Å². The zero-order chi connectivity index (χ0) is 56.1. The highest BCUT2D eigenvalue weighted by Gasteiger charge is 2.50. The van der Waals surface area contributed by atoms with Crippen molar-refractivity contribution in [3.8, 4) is 0 Å². The highest BCUT2D eigenvalue weighted by atomic mass is 16.7. The van der Waals surface area contributed by atoms with Crippen LogP contribution in [0.1, 0.15) is 316 Å². The minimum Gasteiger partial charge on any atom is -0.479 e. The van der Waals surface area contributed by atoms with Gasteiger partial charge in [0, 0.05) is 19.3 Å². The van der Waals surface area contributed by atoms with E-state index in [0.717, 1.165) is 83.5 Å². The number of hydrogen-bond acceptors (Lipinski definition) is 11. The summed E-state index contributed by atoms with van der Waals surface area (Å²) in [5.41, 5.74) is 0. The predicted octanol–water partition coefficient (Wildman–Crippen LogP) is 17.0. The number of esters is 3. The average molecular weight is 1090 g/mol. The van der Waals surface area contributed by atoms with Crippen molar-refractivity contribution < 1.29 is 58.2 Å². The molecule has 0 aromatic heterocycles. The first-order valence-electron chi connectivity index (χ1n) is 32.3. The van der Waals surface area contributed by atoms with Crippen LogP contribution in [0, 0.1) is 0 Å². The monoisotopic (exact) mass is 1090 g/mol. The standard InChI is InChI=1S/C65H118O12/c1-4-7-10-13-16-19-22-24-26-28-29-31-32-34-37-39-42-45-48-51-57(66)73-54-56(75-58(67)52-49-46-43-41-38-35-33-30-27-25-23-20-17-14-11-8-5-2)55-74-65-63(61(70)60(69)62(77-65)64(71)72)76-59(68)53-50-47-44-40-36-21-18-15-12-9-6-3/h17,20,25,27,56,60-63,65,69-70H,4-16,18-19,21-24,26,28-55H2,1-3H3,(H,71,72)/b20-17-,27-25-. The summed E-state index contributed by atoms with van der Waals surface area (Å²) in [7, 11) is 0. The fourth-order valence-corrected chi connectivity index (χ4v) is 10.0. The molecule has 0 aromatic carbocycles. The molecule has 0 spiro atoms. The number of rotatable bonds is 56. The van der Waals surface area contributed by atoms with Crippen LogP contribution in [-0.2, 0) is 42.9 Å². The average Bonchev–Trinajstić information content (AvgIpc) is 3.42. The van der Waals surface area contributed by atoms with Crippen LogP contribution in [0.3, 0.4) is 0 Å². The summed E-state index contributed by atoms with van der Waals surface area (Å²) in [6.45, 7) is 6.00. The molecule has 6 unspecified atom stereocenters. The molecule has 0 aromatic rings. The second-order valence-electron chi connectivity index (χ2n) is 22.4. The molecule has 0 radical (unpaired) electrons. The van der Waals surface area contributed by atoms with Crippen molar-refractivity contribution in [2.45, 2.75) is 353 Å². The number of carbonyl (C=O) groups is 4. The van der Waals surface area contributed by atoms with E-state index in [-0.39, 0.29) is 25.9 Å². The van der Waals surface area contributed by atoms with Crippen molar-refractivity contribution in [1.82, 2.24) is 0 Å². The lowest BCUT2D eigenvalue weighted by atomic mass is 9.98. The molecule has 1 saturated heterocycles.